The first-order chi connectivity index (χ1) is 28.9. The van der Waals surface area contributed by atoms with Crippen molar-refractivity contribution in [3.05, 3.63) is 234 Å². The first kappa shape index (κ1) is 36.0. The fourth-order valence-corrected chi connectivity index (χ4v) is 8.88. The number of fused-ring (bicyclic) bond motifs is 5. The van der Waals surface area contributed by atoms with E-state index in [0.717, 1.165) is 38.9 Å². The molecule has 1 aliphatic carbocycles. The Hall–Kier alpha value is -7.42. The van der Waals surface area contributed by atoms with E-state index in [1.165, 1.54) is 60.7 Å². The summed E-state index contributed by atoms with van der Waals surface area (Å²) in [4.78, 5) is 5.17. The van der Waals surface area contributed by atoms with E-state index in [9.17, 15) is 0 Å². The third-order valence-electron chi connectivity index (χ3n) is 12.0. The molecule has 280 valence electrons. The van der Waals surface area contributed by atoms with Gasteiger partial charge in [0.15, 0.2) is 0 Å². The third kappa shape index (κ3) is 6.59. The molecule has 0 saturated carbocycles. The Morgan fingerprint density at radius 2 is 1.05 bits per heavy atom. The lowest BCUT2D eigenvalue weighted by molar-refractivity contribution is 0.661. The van der Waals surface area contributed by atoms with Crippen molar-refractivity contribution in [1.29, 1.82) is 5.41 Å². The molecule has 0 atom stereocenters. The van der Waals surface area contributed by atoms with Crippen LogP contribution >= 0.6 is 0 Å². The van der Waals surface area contributed by atoms with Crippen LogP contribution in [0.2, 0.25) is 0 Å². The highest BCUT2D eigenvalue weighted by Crippen LogP contribution is 2.51. The fourth-order valence-electron chi connectivity index (χ4n) is 8.88. The van der Waals surface area contributed by atoms with Gasteiger partial charge in [0.2, 0.25) is 0 Å². The van der Waals surface area contributed by atoms with Crippen LogP contribution in [0, 0.1) is 5.41 Å². The van der Waals surface area contributed by atoms with Crippen molar-refractivity contribution >= 4 is 39.2 Å². The van der Waals surface area contributed by atoms with Gasteiger partial charge >= 0.3 is 0 Å². The molecule has 0 bridgehead atoms. The van der Waals surface area contributed by atoms with E-state index < -0.39 is 0 Å². The smallest absolute Gasteiger partial charge is 0.0729 e. The molecule has 0 radical (unpaired) electrons. The van der Waals surface area contributed by atoms with Crippen LogP contribution in [0.1, 0.15) is 41.7 Å². The van der Waals surface area contributed by atoms with Gasteiger partial charge in [0.25, 0.3) is 0 Å². The van der Waals surface area contributed by atoms with Crippen molar-refractivity contribution in [3.8, 4) is 44.5 Å². The number of hydrogen-bond acceptors (Lipinski definition) is 2. The number of hydrogen-bond donors (Lipinski definition) is 1. The molecule has 0 fully saturated rings. The Balaban J connectivity index is 0.996. The molecule has 10 rings (SSSR count). The number of nitrogens with one attached hydrogen (secondary N) is 1. The summed E-state index contributed by atoms with van der Waals surface area (Å²) < 4.78 is 0. The molecule has 0 spiro atoms. The zero-order valence-corrected chi connectivity index (χ0v) is 33.2. The van der Waals surface area contributed by atoms with Gasteiger partial charge in [-0.15, -0.1) is 0 Å². The van der Waals surface area contributed by atoms with Crippen molar-refractivity contribution in [2.24, 2.45) is 4.99 Å². The second-order valence-corrected chi connectivity index (χ2v) is 15.9. The Bertz CT molecular complexity index is 3110. The van der Waals surface area contributed by atoms with Crippen LogP contribution in [0.4, 0.5) is 0 Å². The lowest BCUT2D eigenvalue weighted by atomic mass is 9.81. The van der Waals surface area contributed by atoms with Gasteiger partial charge in [0.05, 0.1) is 11.4 Å². The predicted octanol–water partition coefficient (Wildman–Crippen LogP) is 14.8. The molecule has 0 heterocycles. The van der Waals surface area contributed by atoms with Crippen LogP contribution in [0.25, 0.3) is 71.7 Å². The first-order valence-corrected chi connectivity index (χ1v) is 20.3. The van der Waals surface area contributed by atoms with Gasteiger partial charge in [-0.3, -0.25) is 4.99 Å². The molecule has 2 nitrogen and oxygen atoms in total. The maximum atomic E-state index is 9.05. The fraction of sp³-hybridized carbons (Fsp3) is 0.0526. The van der Waals surface area contributed by atoms with Crippen LogP contribution in [-0.2, 0) is 5.41 Å². The summed E-state index contributed by atoms with van der Waals surface area (Å²) in [6.07, 6.45) is 3.84. The second-order valence-electron chi connectivity index (χ2n) is 15.9. The van der Waals surface area contributed by atoms with Gasteiger partial charge in [0, 0.05) is 22.8 Å². The highest BCUT2D eigenvalue weighted by atomic mass is 14.7. The summed E-state index contributed by atoms with van der Waals surface area (Å²) in [6, 6.07) is 71.0. The minimum atomic E-state index is -0.0509. The van der Waals surface area contributed by atoms with Crippen LogP contribution in [-0.4, -0.2) is 11.9 Å². The Morgan fingerprint density at radius 1 is 0.458 bits per heavy atom. The van der Waals surface area contributed by atoms with Crippen molar-refractivity contribution in [2.45, 2.75) is 19.3 Å². The molecule has 0 saturated heterocycles. The number of benzene rings is 9. The summed E-state index contributed by atoms with van der Waals surface area (Å²) in [5, 5.41) is 13.9. The Morgan fingerprint density at radius 3 is 1.83 bits per heavy atom. The van der Waals surface area contributed by atoms with E-state index in [1.54, 1.807) is 0 Å². The number of aliphatic imine (C=N–C) groups is 1. The quantitative estimate of drug-likeness (QED) is 0.150. The van der Waals surface area contributed by atoms with E-state index in [-0.39, 0.29) is 5.41 Å². The largest absolute Gasteiger partial charge is 0.300 e. The van der Waals surface area contributed by atoms with Crippen LogP contribution < -0.4 is 0 Å². The van der Waals surface area contributed by atoms with Gasteiger partial charge in [-0.05, 0) is 107 Å². The first-order valence-electron chi connectivity index (χ1n) is 20.3. The Kier molecular flexibility index (Phi) is 9.03. The van der Waals surface area contributed by atoms with Crippen LogP contribution in [0.3, 0.4) is 0 Å². The number of allylic oxidation sites excluding steroid dienone is 1. The maximum Gasteiger partial charge on any atom is 0.0729 e. The molecule has 1 aliphatic rings. The highest BCUT2D eigenvalue weighted by Gasteiger charge is 2.35. The van der Waals surface area contributed by atoms with E-state index in [2.05, 4.69) is 172 Å². The molecule has 9 aromatic rings. The molecule has 0 unspecified atom stereocenters. The molecule has 0 amide bonds. The summed E-state index contributed by atoms with van der Waals surface area (Å²) in [5.74, 6) is 0. The number of rotatable bonds is 8. The van der Waals surface area contributed by atoms with E-state index in [0.29, 0.717) is 5.71 Å². The Labute approximate surface area is 346 Å². The molecule has 59 heavy (non-hydrogen) atoms. The maximum absolute atomic E-state index is 9.05. The average molecular weight is 755 g/mol. The summed E-state index contributed by atoms with van der Waals surface area (Å²) in [5.41, 5.74) is 16.3. The minimum absolute atomic E-state index is 0.0509. The minimum Gasteiger partial charge on any atom is -0.300 e. The zero-order valence-electron chi connectivity index (χ0n) is 33.2. The van der Waals surface area contributed by atoms with Crippen molar-refractivity contribution in [3.63, 3.8) is 0 Å². The molecular weight excluding hydrogens is 713 g/mol. The standard InChI is InChI=1S/C57H42N2/c1-57(2)53-32-30-44(34-51(53)52-33-42-19-9-10-20-43(42)35-54(52)57)38-25-27-40(28-26-38)48-31-29-45(47-22-11-13-23-49(47)48)37-59-56(36-55(58)41-17-7-4-8-18-41)50-24-14-12-21-46(50)39-15-5-3-6-16-39/h3-37,58H,1-2H3/b56-36-,58-55?,59-37?. The lowest BCUT2D eigenvalue weighted by Gasteiger charge is -2.22. The van der Waals surface area contributed by atoms with Gasteiger partial charge in [-0.2, -0.15) is 0 Å². The second kappa shape index (κ2) is 14.8. The van der Waals surface area contributed by atoms with E-state index >= 15 is 0 Å². The van der Waals surface area contributed by atoms with Gasteiger partial charge < -0.3 is 5.41 Å². The van der Waals surface area contributed by atoms with Crippen LogP contribution in [0.5, 0.6) is 0 Å². The van der Waals surface area contributed by atoms with E-state index in [1.807, 2.05) is 54.8 Å². The molecule has 0 aromatic heterocycles. The van der Waals surface area contributed by atoms with Crippen molar-refractivity contribution in [1.82, 2.24) is 0 Å². The zero-order chi connectivity index (χ0) is 39.9. The van der Waals surface area contributed by atoms with Crippen molar-refractivity contribution < 1.29 is 0 Å². The number of nitrogens with zero attached hydrogens (tertiary/aromatic N) is 1. The SMILES string of the molecule is CC1(C)c2ccc(-c3ccc(-c4ccc(C=N/C(=C\C(=N)c5ccccc5)c5ccccc5-c5ccccc5)c5ccccc45)cc3)cc2-c2cc3ccccc3cc21. The van der Waals surface area contributed by atoms with Gasteiger partial charge in [0.1, 0.15) is 0 Å². The molecule has 0 aliphatic heterocycles. The molecular formula is C57H42N2. The normalized spacial score (nSPS) is 13.2. The summed E-state index contributed by atoms with van der Waals surface area (Å²) >= 11 is 0. The van der Waals surface area contributed by atoms with Crippen LogP contribution in [0.15, 0.2) is 211 Å². The average Bonchev–Trinajstić information content (AvgIpc) is 3.51. The van der Waals surface area contributed by atoms with E-state index in [4.69, 9.17) is 10.4 Å². The third-order valence-corrected chi connectivity index (χ3v) is 12.0. The predicted molar refractivity (Wildman–Crippen MR) is 251 cm³/mol. The molecule has 9 aromatic carbocycles. The monoisotopic (exact) mass is 754 g/mol. The van der Waals surface area contributed by atoms with Gasteiger partial charge in [-0.1, -0.05) is 196 Å². The topological polar surface area (TPSA) is 36.2 Å². The summed E-state index contributed by atoms with van der Waals surface area (Å²) in [6.45, 7) is 4.70. The lowest BCUT2D eigenvalue weighted by Crippen LogP contribution is -2.14. The summed E-state index contributed by atoms with van der Waals surface area (Å²) in [7, 11) is 0. The van der Waals surface area contributed by atoms with Crippen molar-refractivity contribution in [2.75, 3.05) is 0 Å². The van der Waals surface area contributed by atoms with Gasteiger partial charge in [-0.25, -0.2) is 0 Å². The molecule has 2 heteroatoms. The molecule has 1 N–H and O–H groups in total. The highest BCUT2D eigenvalue weighted by molar-refractivity contribution is 6.12.